The third kappa shape index (κ3) is 1.98. The summed E-state index contributed by atoms with van der Waals surface area (Å²) in [6.45, 7) is 3.41. The third-order valence-corrected chi connectivity index (χ3v) is 5.16. The van der Waals surface area contributed by atoms with Crippen LogP contribution >= 0.6 is 11.3 Å². The van der Waals surface area contributed by atoms with Crippen molar-refractivity contribution >= 4 is 28.2 Å². The molecule has 0 unspecified atom stereocenters. The second-order valence-electron chi connectivity index (χ2n) is 5.40. The van der Waals surface area contributed by atoms with Crippen molar-refractivity contribution in [2.45, 2.75) is 19.9 Å². The molecule has 0 aliphatic carbocycles. The fourth-order valence-electron chi connectivity index (χ4n) is 2.94. The monoisotopic (exact) mass is 297 g/mol. The Morgan fingerprint density at radius 3 is 3.00 bits per heavy atom. The van der Waals surface area contributed by atoms with E-state index in [0.29, 0.717) is 12.3 Å². The van der Waals surface area contributed by atoms with Crippen molar-refractivity contribution in [3.8, 4) is 0 Å². The van der Waals surface area contributed by atoms with E-state index >= 15 is 0 Å². The lowest BCUT2D eigenvalue weighted by molar-refractivity contribution is 0.0705. The van der Waals surface area contributed by atoms with Gasteiger partial charge in [0.1, 0.15) is 5.58 Å². The summed E-state index contributed by atoms with van der Waals surface area (Å²) in [6.07, 6.45) is 0.942. The Morgan fingerprint density at radius 1 is 1.29 bits per heavy atom. The predicted molar refractivity (Wildman–Crippen MR) is 83.7 cm³/mol. The number of para-hydroxylation sites is 1. The van der Waals surface area contributed by atoms with E-state index in [1.165, 1.54) is 10.4 Å². The van der Waals surface area contributed by atoms with Crippen molar-refractivity contribution < 1.29 is 9.21 Å². The lowest BCUT2D eigenvalue weighted by atomic mass is 10.1. The van der Waals surface area contributed by atoms with Crippen LogP contribution in [-0.2, 0) is 13.0 Å². The lowest BCUT2D eigenvalue weighted by Crippen LogP contribution is -2.35. The summed E-state index contributed by atoms with van der Waals surface area (Å²) in [5.74, 6) is 0.482. The van der Waals surface area contributed by atoms with Crippen LogP contribution in [0, 0.1) is 6.92 Å². The first-order valence-electron chi connectivity index (χ1n) is 7.06. The Kier molecular flexibility index (Phi) is 2.86. The molecule has 0 spiro atoms. The van der Waals surface area contributed by atoms with Crippen molar-refractivity contribution in [2.75, 3.05) is 6.54 Å². The SMILES string of the molecule is Cc1c(C(=O)N2CCc3sccc3C2)oc2ccccc12. The topological polar surface area (TPSA) is 33.5 Å². The summed E-state index contributed by atoms with van der Waals surface area (Å²) >= 11 is 1.78. The quantitative estimate of drug-likeness (QED) is 0.680. The fourth-order valence-corrected chi connectivity index (χ4v) is 3.83. The number of aryl methyl sites for hydroxylation is 1. The number of fused-ring (bicyclic) bond motifs is 2. The van der Waals surface area contributed by atoms with E-state index in [1.807, 2.05) is 36.1 Å². The van der Waals surface area contributed by atoms with Gasteiger partial charge in [0.05, 0.1) is 0 Å². The van der Waals surface area contributed by atoms with Gasteiger partial charge in [-0.15, -0.1) is 11.3 Å². The summed E-state index contributed by atoms with van der Waals surface area (Å²) in [5, 5.41) is 3.12. The average Bonchev–Trinajstić information content (AvgIpc) is 3.11. The summed E-state index contributed by atoms with van der Waals surface area (Å²) in [4.78, 5) is 16.0. The highest BCUT2D eigenvalue weighted by Crippen LogP contribution is 2.29. The molecule has 3 aromatic rings. The van der Waals surface area contributed by atoms with Crippen LogP contribution in [0.15, 0.2) is 40.1 Å². The Morgan fingerprint density at radius 2 is 2.14 bits per heavy atom. The van der Waals surface area contributed by atoms with Crippen LogP contribution in [0.25, 0.3) is 11.0 Å². The molecule has 4 heteroatoms. The Bertz CT molecular complexity index is 830. The molecule has 21 heavy (non-hydrogen) atoms. The average molecular weight is 297 g/mol. The van der Waals surface area contributed by atoms with Gasteiger partial charge in [-0.2, -0.15) is 0 Å². The van der Waals surface area contributed by atoms with Gasteiger partial charge in [-0.1, -0.05) is 18.2 Å². The highest BCUT2D eigenvalue weighted by molar-refractivity contribution is 7.10. The largest absolute Gasteiger partial charge is 0.451 e. The second kappa shape index (κ2) is 4.74. The number of benzene rings is 1. The number of furan rings is 1. The van der Waals surface area contributed by atoms with Crippen LogP contribution in [0.5, 0.6) is 0 Å². The minimum absolute atomic E-state index is 0.000509. The van der Waals surface area contributed by atoms with Gasteiger partial charge in [0.15, 0.2) is 5.76 Å². The first-order valence-corrected chi connectivity index (χ1v) is 7.94. The summed E-state index contributed by atoms with van der Waals surface area (Å²) < 4.78 is 5.79. The maximum Gasteiger partial charge on any atom is 0.290 e. The highest BCUT2D eigenvalue weighted by Gasteiger charge is 2.26. The van der Waals surface area contributed by atoms with Crippen LogP contribution in [-0.4, -0.2) is 17.4 Å². The fraction of sp³-hybridized carbons (Fsp3) is 0.235. The molecule has 0 saturated heterocycles. The number of nitrogens with zero attached hydrogens (tertiary/aromatic N) is 1. The van der Waals surface area contributed by atoms with Crippen LogP contribution in [0.2, 0.25) is 0 Å². The van der Waals surface area contributed by atoms with E-state index in [2.05, 4.69) is 11.4 Å². The molecule has 0 N–H and O–H groups in total. The van der Waals surface area contributed by atoms with E-state index in [-0.39, 0.29) is 5.91 Å². The zero-order chi connectivity index (χ0) is 14.4. The van der Waals surface area contributed by atoms with Gasteiger partial charge in [0.2, 0.25) is 0 Å². The zero-order valence-electron chi connectivity index (χ0n) is 11.8. The number of carbonyl (C=O) groups excluding carboxylic acids is 1. The van der Waals surface area contributed by atoms with Crippen molar-refractivity contribution in [1.29, 1.82) is 0 Å². The van der Waals surface area contributed by atoms with Crippen molar-refractivity contribution in [3.63, 3.8) is 0 Å². The number of hydrogen-bond acceptors (Lipinski definition) is 3. The van der Waals surface area contributed by atoms with E-state index in [1.54, 1.807) is 11.3 Å². The molecular weight excluding hydrogens is 282 g/mol. The van der Waals surface area contributed by atoms with Crippen LogP contribution in [0.4, 0.5) is 0 Å². The molecule has 1 aliphatic rings. The van der Waals surface area contributed by atoms with Crippen molar-refractivity contribution in [1.82, 2.24) is 4.90 Å². The van der Waals surface area contributed by atoms with Crippen LogP contribution in [0.3, 0.4) is 0 Å². The molecule has 1 amide bonds. The number of amides is 1. The van der Waals surface area contributed by atoms with E-state index in [9.17, 15) is 4.79 Å². The molecular formula is C17H15NO2S. The van der Waals surface area contributed by atoms with Crippen LogP contribution in [0.1, 0.15) is 26.6 Å². The standard InChI is InChI=1S/C17H15NO2S/c1-11-13-4-2-3-5-14(13)20-16(11)17(19)18-8-6-15-12(10-18)7-9-21-15/h2-5,7,9H,6,8,10H2,1H3. The van der Waals surface area contributed by atoms with Crippen molar-refractivity contribution in [3.05, 3.63) is 57.5 Å². The molecule has 1 aromatic carbocycles. The highest BCUT2D eigenvalue weighted by atomic mass is 32.1. The summed E-state index contributed by atoms with van der Waals surface area (Å²) in [7, 11) is 0. The van der Waals surface area contributed by atoms with Crippen LogP contribution < -0.4 is 0 Å². The number of carbonyl (C=O) groups is 1. The molecule has 0 fully saturated rings. The number of hydrogen-bond donors (Lipinski definition) is 0. The second-order valence-corrected chi connectivity index (χ2v) is 6.40. The van der Waals surface area contributed by atoms with Gasteiger partial charge in [-0.25, -0.2) is 0 Å². The van der Waals surface area contributed by atoms with E-state index < -0.39 is 0 Å². The normalized spacial score (nSPS) is 14.4. The predicted octanol–water partition coefficient (Wildman–Crippen LogP) is 4.00. The van der Waals surface area contributed by atoms with Crippen molar-refractivity contribution in [2.24, 2.45) is 0 Å². The molecule has 1 aliphatic heterocycles. The third-order valence-electron chi connectivity index (χ3n) is 4.13. The van der Waals surface area contributed by atoms with Gasteiger partial charge in [-0.05, 0) is 36.4 Å². The Balaban J connectivity index is 1.69. The maximum atomic E-state index is 12.8. The van der Waals surface area contributed by atoms with Gasteiger partial charge < -0.3 is 9.32 Å². The molecule has 0 saturated carbocycles. The zero-order valence-corrected chi connectivity index (χ0v) is 12.6. The molecule has 3 heterocycles. The molecule has 0 bridgehead atoms. The minimum Gasteiger partial charge on any atom is -0.451 e. The first-order chi connectivity index (χ1) is 10.2. The number of thiophene rings is 1. The summed E-state index contributed by atoms with van der Waals surface area (Å²) in [6, 6.07) is 9.92. The van der Waals surface area contributed by atoms with Gasteiger partial charge >= 0.3 is 0 Å². The summed E-state index contributed by atoms with van der Waals surface area (Å²) in [5.41, 5.74) is 2.99. The maximum absolute atomic E-state index is 12.8. The smallest absolute Gasteiger partial charge is 0.290 e. The molecule has 4 rings (SSSR count). The van der Waals surface area contributed by atoms with Gasteiger partial charge in [0.25, 0.3) is 5.91 Å². The van der Waals surface area contributed by atoms with E-state index in [4.69, 9.17) is 4.42 Å². The lowest BCUT2D eigenvalue weighted by Gasteiger charge is -2.26. The molecule has 106 valence electrons. The van der Waals surface area contributed by atoms with E-state index in [0.717, 1.165) is 29.5 Å². The Labute approximate surface area is 126 Å². The molecule has 0 atom stereocenters. The van der Waals surface area contributed by atoms with Gasteiger partial charge in [-0.3, -0.25) is 4.79 Å². The first kappa shape index (κ1) is 12.7. The van der Waals surface area contributed by atoms with Gasteiger partial charge in [0, 0.05) is 28.9 Å². The number of rotatable bonds is 1. The minimum atomic E-state index is 0.000509. The molecule has 2 aromatic heterocycles. The molecule has 3 nitrogen and oxygen atoms in total. The molecule has 0 radical (unpaired) electrons. The Hall–Kier alpha value is -2.07.